The normalized spacial score (nSPS) is 17.6. The lowest BCUT2D eigenvalue weighted by molar-refractivity contribution is -0.129. The molecule has 7 nitrogen and oxygen atoms in total. The minimum absolute atomic E-state index is 0.0207. The van der Waals surface area contributed by atoms with E-state index in [9.17, 15) is 9.18 Å². The van der Waals surface area contributed by atoms with Crippen LogP contribution in [-0.4, -0.2) is 51.1 Å². The van der Waals surface area contributed by atoms with E-state index in [1.807, 2.05) is 23.1 Å². The fourth-order valence-corrected chi connectivity index (χ4v) is 5.00. The summed E-state index contributed by atoms with van der Waals surface area (Å²) in [5, 5.41) is 8.87. The van der Waals surface area contributed by atoms with Crippen molar-refractivity contribution in [2.24, 2.45) is 7.05 Å². The molecule has 2 aromatic carbocycles. The molecule has 0 N–H and O–H groups in total. The Bertz CT molecular complexity index is 1150. The van der Waals surface area contributed by atoms with Gasteiger partial charge in [0.05, 0.1) is 17.4 Å². The van der Waals surface area contributed by atoms with Crippen molar-refractivity contribution >= 4 is 17.7 Å². The Balaban J connectivity index is 1.28. The van der Waals surface area contributed by atoms with Crippen LogP contribution in [-0.2, 0) is 11.8 Å². The quantitative estimate of drug-likeness (QED) is 0.546. The Kier molecular flexibility index (Phi) is 5.73. The number of nitrogens with zero attached hydrogens (tertiary/aromatic N) is 4. The number of amides is 1. The van der Waals surface area contributed by atoms with Crippen molar-refractivity contribution in [1.82, 2.24) is 19.7 Å². The van der Waals surface area contributed by atoms with Crippen LogP contribution in [0.25, 0.3) is 11.4 Å². The van der Waals surface area contributed by atoms with Crippen LogP contribution in [0.15, 0.2) is 47.6 Å². The third kappa shape index (κ3) is 3.92. The number of aromatic nitrogens is 3. The molecule has 0 radical (unpaired) electrons. The van der Waals surface area contributed by atoms with Crippen LogP contribution >= 0.6 is 11.8 Å². The molecule has 1 aromatic heterocycles. The number of hydrogen-bond acceptors (Lipinski definition) is 6. The molecule has 2 aliphatic rings. The number of hydrogen-bond donors (Lipinski definition) is 0. The zero-order chi connectivity index (χ0) is 22.1. The third-order valence-corrected chi connectivity index (χ3v) is 6.80. The van der Waals surface area contributed by atoms with Crippen molar-refractivity contribution in [1.29, 1.82) is 0 Å². The smallest absolute Gasteiger partial charge is 0.233 e. The molecule has 166 valence electrons. The number of ether oxygens (including phenoxy) is 2. The molecule has 1 saturated heterocycles. The minimum Gasteiger partial charge on any atom is -0.486 e. The van der Waals surface area contributed by atoms with E-state index < -0.39 is 0 Å². The zero-order valence-electron chi connectivity index (χ0n) is 17.7. The summed E-state index contributed by atoms with van der Waals surface area (Å²) in [7, 11) is 1.78. The number of likely N-dealkylation sites (tertiary alicyclic amines) is 1. The molecule has 0 spiro atoms. The molecule has 32 heavy (non-hydrogen) atoms. The minimum atomic E-state index is -0.352. The lowest BCUT2D eigenvalue weighted by Gasteiger charge is -2.26. The fourth-order valence-electron chi connectivity index (χ4n) is 4.21. The maximum absolute atomic E-state index is 14.1. The first-order valence-corrected chi connectivity index (χ1v) is 11.6. The third-order valence-electron chi connectivity index (χ3n) is 5.80. The summed E-state index contributed by atoms with van der Waals surface area (Å²) in [6.07, 6.45) is 1.87. The average molecular weight is 455 g/mol. The summed E-state index contributed by atoms with van der Waals surface area (Å²) in [5.74, 6) is 1.86. The van der Waals surface area contributed by atoms with Gasteiger partial charge in [-0.25, -0.2) is 4.39 Å². The van der Waals surface area contributed by atoms with Crippen LogP contribution in [0.2, 0.25) is 0 Å². The molecule has 3 heterocycles. The Labute approximate surface area is 189 Å². The second-order valence-electron chi connectivity index (χ2n) is 7.78. The summed E-state index contributed by atoms with van der Waals surface area (Å²) in [4.78, 5) is 15.0. The lowest BCUT2D eigenvalue weighted by atomic mass is 10.0. The second-order valence-corrected chi connectivity index (χ2v) is 8.72. The van der Waals surface area contributed by atoms with Gasteiger partial charge in [-0.1, -0.05) is 30.0 Å². The van der Waals surface area contributed by atoms with E-state index in [1.165, 1.54) is 17.8 Å². The van der Waals surface area contributed by atoms with Gasteiger partial charge in [-0.15, -0.1) is 10.2 Å². The van der Waals surface area contributed by atoms with Crippen LogP contribution < -0.4 is 9.47 Å². The summed E-state index contributed by atoms with van der Waals surface area (Å²) in [6, 6.07) is 12.4. The fraction of sp³-hybridized carbons (Fsp3) is 0.348. The molecule has 1 fully saturated rings. The van der Waals surface area contributed by atoms with Gasteiger partial charge in [-0.3, -0.25) is 4.79 Å². The molecule has 2 aliphatic heterocycles. The van der Waals surface area contributed by atoms with Crippen molar-refractivity contribution < 1.29 is 18.7 Å². The second kappa shape index (κ2) is 8.82. The van der Waals surface area contributed by atoms with Crippen LogP contribution in [0.1, 0.15) is 24.4 Å². The van der Waals surface area contributed by atoms with Gasteiger partial charge in [0.25, 0.3) is 0 Å². The highest BCUT2D eigenvalue weighted by molar-refractivity contribution is 7.99. The first-order chi connectivity index (χ1) is 15.6. The molecular formula is C23H23FN4O3S. The van der Waals surface area contributed by atoms with E-state index in [1.54, 1.807) is 29.8 Å². The highest BCUT2D eigenvalue weighted by Gasteiger charge is 2.31. The number of carbonyl (C=O) groups excluding carboxylic acids is 1. The van der Waals surface area contributed by atoms with Gasteiger partial charge in [-0.05, 0) is 42.7 Å². The molecule has 0 unspecified atom stereocenters. The van der Waals surface area contributed by atoms with Gasteiger partial charge in [0, 0.05) is 13.6 Å². The van der Waals surface area contributed by atoms with Crippen molar-refractivity contribution in [3.8, 4) is 22.9 Å². The first-order valence-electron chi connectivity index (χ1n) is 10.6. The van der Waals surface area contributed by atoms with Crippen LogP contribution in [0.4, 0.5) is 4.39 Å². The molecule has 1 amide bonds. The molecule has 0 saturated carbocycles. The predicted molar refractivity (Wildman–Crippen MR) is 118 cm³/mol. The number of fused-ring (bicyclic) bond motifs is 1. The van der Waals surface area contributed by atoms with Gasteiger partial charge >= 0.3 is 0 Å². The number of thioether (sulfide) groups is 1. The summed E-state index contributed by atoms with van der Waals surface area (Å²) >= 11 is 1.31. The van der Waals surface area contributed by atoms with E-state index in [0.717, 1.165) is 36.4 Å². The standard InChI is InChI=1S/C23H23FN4O3S/c1-27-22(16-5-2-3-6-17(16)24)25-26-23(27)32-14-21(29)28-10-4-7-18(28)15-8-9-19-20(13-15)31-12-11-30-19/h2-3,5-6,8-9,13,18H,4,7,10-12,14H2,1H3/t18-/m0/s1. The molecular weight excluding hydrogens is 431 g/mol. The summed E-state index contributed by atoms with van der Waals surface area (Å²) in [6.45, 7) is 1.81. The van der Waals surface area contributed by atoms with Gasteiger partial charge in [-0.2, -0.15) is 0 Å². The monoisotopic (exact) mass is 454 g/mol. The molecule has 9 heteroatoms. The number of benzene rings is 2. The van der Waals surface area contributed by atoms with Crippen molar-refractivity contribution in [3.63, 3.8) is 0 Å². The van der Waals surface area contributed by atoms with Gasteiger partial charge in [0.15, 0.2) is 22.5 Å². The molecule has 5 rings (SSSR count). The van der Waals surface area contributed by atoms with Gasteiger partial charge in [0.1, 0.15) is 19.0 Å². The Morgan fingerprint density at radius 2 is 1.97 bits per heavy atom. The maximum Gasteiger partial charge on any atom is 0.233 e. The molecule has 0 bridgehead atoms. The van der Waals surface area contributed by atoms with Crippen molar-refractivity contribution in [2.45, 2.75) is 24.0 Å². The summed E-state index contributed by atoms with van der Waals surface area (Å²) < 4.78 is 27.2. The Morgan fingerprint density at radius 3 is 2.81 bits per heavy atom. The highest BCUT2D eigenvalue weighted by atomic mass is 32.2. The van der Waals surface area contributed by atoms with E-state index >= 15 is 0 Å². The lowest BCUT2D eigenvalue weighted by Crippen LogP contribution is -2.32. The van der Waals surface area contributed by atoms with E-state index in [4.69, 9.17) is 9.47 Å². The van der Waals surface area contributed by atoms with Crippen LogP contribution in [0.3, 0.4) is 0 Å². The predicted octanol–water partition coefficient (Wildman–Crippen LogP) is 3.85. The first kappa shape index (κ1) is 20.8. The number of carbonyl (C=O) groups is 1. The largest absolute Gasteiger partial charge is 0.486 e. The Morgan fingerprint density at radius 1 is 1.16 bits per heavy atom. The Hall–Kier alpha value is -3.07. The van der Waals surface area contributed by atoms with Gasteiger partial charge in [0.2, 0.25) is 5.91 Å². The maximum atomic E-state index is 14.1. The number of rotatable bonds is 5. The van der Waals surface area contributed by atoms with Crippen LogP contribution in [0.5, 0.6) is 11.5 Å². The van der Waals surface area contributed by atoms with E-state index in [0.29, 0.717) is 29.8 Å². The van der Waals surface area contributed by atoms with Gasteiger partial charge < -0.3 is 18.9 Å². The summed E-state index contributed by atoms with van der Waals surface area (Å²) in [5.41, 5.74) is 1.45. The van der Waals surface area contributed by atoms with Crippen molar-refractivity contribution in [2.75, 3.05) is 25.5 Å². The van der Waals surface area contributed by atoms with E-state index in [2.05, 4.69) is 10.2 Å². The topological polar surface area (TPSA) is 69.5 Å². The number of halogens is 1. The molecule has 0 aliphatic carbocycles. The molecule has 1 atom stereocenters. The SMILES string of the molecule is Cn1c(SCC(=O)N2CCC[C@H]2c2ccc3c(c2)OCCO3)nnc1-c1ccccc1F. The average Bonchev–Trinajstić information content (AvgIpc) is 3.45. The highest BCUT2D eigenvalue weighted by Crippen LogP contribution is 2.38. The van der Waals surface area contributed by atoms with Crippen LogP contribution in [0, 0.1) is 5.82 Å². The molecule has 3 aromatic rings. The van der Waals surface area contributed by atoms with Crippen molar-refractivity contribution in [3.05, 3.63) is 53.8 Å². The zero-order valence-corrected chi connectivity index (χ0v) is 18.5. The van der Waals surface area contributed by atoms with E-state index in [-0.39, 0.29) is 23.5 Å².